The molecule has 0 aliphatic rings. The van der Waals surface area contributed by atoms with Gasteiger partial charge in [-0.05, 0) is 31.7 Å². The number of benzene rings is 1. The molecule has 1 unspecified atom stereocenters. The van der Waals surface area contributed by atoms with Gasteiger partial charge >= 0.3 is 6.18 Å². The molecule has 3 nitrogen and oxygen atoms in total. The second-order valence-electron chi connectivity index (χ2n) is 4.48. The molecule has 0 fully saturated rings. The Morgan fingerprint density at radius 2 is 2.05 bits per heavy atom. The Kier molecular flexibility index (Phi) is 6.10. The Hall–Kier alpha value is -0.980. The summed E-state index contributed by atoms with van der Waals surface area (Å²) in [5.41, 5.74) is 1.15. The number of rotatable bonds is 6. The Labute approximate surface area is 121 Å². The highest BCUT2D eigenvalue weighted by Crippen LogP contribution is 2.31. The van der Waals surface area contributed by atoms with Gasteiger partial charge in [0.05, 0.1) is 17.3 Å². The minimum absolute atomic E-state index is 0.0513. The molecule has 114 valence electrons. The van der Waals surface area contributed by atoms with Crippen LogP contribution < -0.4 is 10.2 Å². The predicted molar refractivity (Wildman–Crippen MR) is 74.3 cm³/mol. The zero-order valence-corrected chi connectivity index (χ0v) is 12.1. The number of anilines is 1. The molecule has 7 heteroatoms. The van der Waals surface area contributed by atoms with Crippen LogP contribution in [-0.2, 0) is 0 Å². The highest BCUT2D eigenvalue weighted by molar-refractivity contribution is 6.33. The van der Waals surface area contributed by atoms with E-state index < -0.39 is 12.7 Å². The molecule has 1 aromatic carbocycles. The van der Waals surface area contributed by atoms with E-state index in [1.54, 1.807) is 25.2 Å². The Morgan fingerprint density at radius 1 is 1.40 bits per heavy atom. The summed E-state index contributed by atoms with van der Waals surface area (Å²) in [7, 11) is 1.79. The van der Waals surface area contributed by atoms with E-state index in [1.807, 2.05) is 6.92 Å². The standard InChI is InChI=1S/C13H18ClF3N2O/c1-9(18-2)10-3-4-12(11(14)7-10)19(5-6-20)8-13(15,16)17/h3-4,7,9,18,20H,5-6,8H2,1-2H3. The van der Waals surface area contributed by atoms with Crippen LogP contribution in [0.25, 0.3) is 0 Å². The molecule has 20 heavy (non-hydrogen) atoms. The van der Waals surface area contributed by atoms with E-state index in [4.69, 9.17) is 16.7 Å². The summed E-state index contributed by atoms with van der Waals surface area (Å²) >= 11 is 6.07. The first-order chi connectivity index (χ1) is 9.28. The summed E-state index contributed by atoms with van der Waals surface area (Å²) in [6, 6.07) is 4.96. The minimum atomic E-state index is -4.35. The van der Waals surface area contributed by atoms with Crippen molar-refractivity contribution in [1.29, 1.82) is 0 Å². The molecule has 1 rings (SSSR count). The van der Waals surface area contributed by atoms with E-state index in [1.165, 1.54) is 0 Å². The van der Waals surface area contributed by atoms with Crippen LogP contribution in [0.3, 0.4) is 0 Å². The molecule has 2 N–H and O–H groups in total. The van der Waals surface area contributed by atoms with Gasteiger partial charge in [0.1, 0.15) is 6.54 Å². The molecule has 0 aromatic heterocycles. The zero-order valence-electron chi connectivity index (χ0n) is 11.3. The van der Waals surface area contributed by atoms with Gasteiger partial charge in [-0.2, -0.15) is 13.2 Å². The smallest absolute Gasteiger partial charge is 0.395 e. The van der Waals surface area contributed by atoms with Crippen LogP contribution in [0, 0.1) is 0 Å². The quantitative estimate of drug-likeness (QED) is 0.848. The molecule has 0 aliphatic carbocycles. The molecule has 0 radical (unpaired) electrons. The Bertz CT molecular complexity index is 440. The van der Waals surface area contributed by atoms with Crippen LogP contribution in [0.5, 0.6) is 0 Å². The third-order valence-electron chi connectivity index (χ3n) is 2.99. The third-order valence-corrected chi connectivity index (χ3v) is 3.29. The van der Waals surface area contributed by atoms with Crippen molar-refractivity contribution in [3.8, 4) is 0 Å². The Morgan fingerprint density at radius 3 is 2.50 bits per heavy atom. The average Bonchev–Trinajstić information content (AvgIpc) is 2.35. The molecule has 0 heterocycles. The fraction of sp³-hybridized carbons (Fsp3) is 0.538. The van der Waals surface area contributed by atoms with Crippen LogP contribution in [0.15, 0.2) is 18.2 Å². The molecular formula is C13H18ClF3N2O. The number of nitrogens with one attached hydrogen (secondary N) is 1. The van der Waals surface area contributed by atoms with Crippen LogP contribution >= 0.6 is 11.6 Å². The monoisotopic (exact) mass is 310 g/mol. The molecule has 0 aliphatic heterocycles. The molecule has 1 atom stereocenters. The van der Waals surface area contributed by atoms with E-state index in [-0.39, 0.29) is 29.9 Å². The first-order valence-electron chi connectivity index (χ1n) is 6.17. The van der Waals surface area contributed by atoms with Crippen molar-refractivity contribution in [2.75, 3.05) is 31.6 Å². The van der Waals surface area contributed by atoms with Crippen LogP contribution in [0.1, 0.15) is 18.5 Å². The Balaban J connectivity index is 3.02. The van der Waals surface area contributed by atoms with Crippen molar-refractivity contribution >= 4 is 17.3 Å². The molecule has 0 bridgehead atoms. The first kappa shape index (κ1) is 17.1. The first-order valence-corrected chi connectivity index (χ1v) is 6.55. The van der Waals surface area contributed by atoms with Crippen LogP contribution in [0.2, 0.25) is 5.02 Å². The van der Waals surface area contributed by atoms with Gasteiger partial charge in [-0.15, -0.1) is 0 Å². The van der Waals surface area contributed by atoms with Crippen molar-refractivity contribution in [2.45, 2.75) is 19.1 Å². The zero-order chi connectivity index (χ0) is 15.3. The van der Waals surface area contributed by atoms with Crippen LogP contribution in [-0.4, -0.2) is 38.0 Å². The third kappa shape index (κ3) is 4.85. The fourth-order valence-electron chi connectivity index (χ4n) is 1.84. The summed E-state index contributed by atoms with van der Waals surface area (Å²) in [6.07, 6.45) is -4.35. The number of alkyl halides is 3. The maximum Gasteiger partial charge on any atom is 0.405 e. The van der Waals surface area contributed by atoms with Gasteiger partial charge in [0.2, 0.25) is 0 Å². The maximum atomic E-state index is 12.5. The van der Waals surface area contributed by atoms with Gasteiger partial charge in [-0.3, -0.25) is 0 Å². The lowest BCUT2D eigenvalue weighted by Gasteiger charge is -2.26. The molecule has 1 aromatic rings. The highest BCUT2D eigenvalue weighted by atomic mass is 35.5. The van der Waals surface area contributed by atoms with Gasteiger partial charge in [0.25, 0.3) is 0 Å². The van der Waals surface area contributed by atoms with Gasteiger partial charge in [-0.25, -0.2) is 0 Å². The van der Waals surface area contributed by atoms with Gasteiger partial charge in [0.15, 0.2) is 0 Å². The average molecular weight is 311 g/mol. The fourth-order valence-corrected chi connectivity index (χ4v) is 2.15. The SMILES string of the molecule is CNC(C)c1ccc(N(CCO)CC(F)(F)F)c(Cl)c1. The molecular weight excluding hydrogens is 293 g/mol. The van der Waals surface area contributed by atoms with Crippen molar-refractivity contribution < 1.29 is 18.3 Å². The van der Waals surface area contributed by atoms with Gasteiger partial charge in [0, 0.05) is 12.6 Å². The number of halogens is 4. The summed E-state index contributed by atoms with van der Waals surface area (Å²) < 4.78 is 37.6. The van der Waals surface area contributed by atoms with Crippen molar-refractivity contribution in [3.05, 3.63) is 28.8 Å². The second-order valence-corrected chi connectivity index (χ2v) is 4.89. The number of hydrogen-bond donors (Lipinski definition) is 2. The van der Waals surface area contributed by atoms with E-state index >= 15 is 0 Å². The summed E-state index contributed by atoms with van der Waals surface area (Å²) in [5, 5.41) is 12.2. The van der Waals surface area contributed by atoms with Gasteiger partial charge < -0.3 is 15.3 Å². The van der Waals surface area contributed by atoms with E-state index in [0.29, 0.717) is 0 Å². The topological polar surface area (TPSA) is 35.5 Å². The minimum Gasteiger partial charge on any atom is -0.395 e. The summed E-state index contributed by atoms with van der Waals surface area (Å²) in [4.78, 5) is 1.02. The lowest BCUT2D eigenvalue weighted by atomic mass is 10.1. The van der Waals surface area contributed by atoms with Crippen molar-refractivity contribution in [2.24, 2.45) is 0 Å². The lowest BCUT2D eigenvalue weighted by Crippen LogP contribution is -2.36. The normalized spacial score (nSPS) is 13.3. The summed E-state index contributed by atoms with van der Waals surface area (Å²) in [6.45, 7) is 0.280. The molecule has 0 amide bonds. The number of hydrogen-bond acceptors (Lipinski definition) is 3. The molecule has 0 spiro atoms. The summed E-state index contributed by atoms with van der Waals surface area (Å²) in [5.74, 6) is 0. The number of aliphatic hydroxyl groups is 1. The second kappa shape index (κ2) is 7.15. The van der Waals surface area contributed by atoms with Gasteiger partial charge in [-0.1, -0.05) is 17.7 Å². The van der Waals surface area contributed by atoms with Crippen LogP contribution in [0.4, 0.5) is 18.9 Å². The molecule has 0 saturated heterocycles. The molecule has 0 saturated carbocycles. The number of aliphatic hydroxyl groups excluding tert-OH is 1. The van der Waals surface area contributed by atoms with Crippen molar-refractivity contribution in [1.82, 2.24) is 5.32 Å². The van der Waals surface area contributed by atoms with E-state index in [0.717, 1.165) is 10.5 Å². The van der Waals surface area contributed by atoms with E-state index in [9.17, 15) is 13.2 Å². The largest absolute Gasteiger partial charge is 0.405 e. The maximum absolute atomic E-state index is 12.5. The van der Waals surface area contributed by atoms with Crippen molar-refractivity contribution in [3.63, 3.8) is 0 Å². The predicted octanol–water partition coefficient (Wildman–Crippen LogP) is 2.98. The lowest BCUT2D eigenvalue weighted by molar-refractivity contribution is -0.119. The number of nitrogens with zero attached hydrogens (tertiary/aromatic N) is 1. The highest BCUT2D eigenvalue weighted by Gasteiger charge is 2.31. The van der Waals surface area contributed by atoms with E-state index in [2.05, 4.69) is 5.32 Å².